The minimum atomic E-state index is -0.194. The highest BCUT2D eigenvalue weighted by Crippen LogP contribution is 2.14. The van der Waals surface area contributed by atoms with Gasteiger partial charge in [-0.1, -0.05) is 31.2 Å². The highest BCUT2D eigenvalue weighted by atomic mass is 16.3. The lowest BCUT2D eigenvalue weighted by atomic mass is 10.0. The molecule has 116 valence electrons. The van der Waals surface area contributed by atoms with E-state index in [1.165, 1.54) is 5.56 Å². The Kier molecular flexibility index (Phi) is 5.76. The maximum Gasteiger partial charge on any atom is 0.234 e. The Morgan fingerprint density at radius 2 is 1.95 bits per heavy atom. The zero-order valence-corrected chi connectivity index (χ0v) is 13.0. The third-order valence-electron chi connectivity index (χ3n) is 4.19. The van der Waals surface area contributed by atoms with Crippen LogP contribution in [0.5, 0.6) is 0 Å². The smallest absolute Gasteiger partial charge is 0.234 e. The SMILES string of the molecule is CCc1ccc(C(C)NC(=O)CN2CCC(O)CC2)cc1. The van der Waals surface area contributed by atoms with Gasteiger partial charge in [0.2, 0.25) is 5.91 Å². The average molecular weight is 290 g/mol. The number of hydrogen-bond acceptors (Lipinski definition) is 3. The summed E-state index contributed by atoms with van der Waals surface area (Å²) < 4.78 is 0. The van der Waals surface area contributed by atoms with Crippen molar-refractivity contribution in [1.29, 1.82) is 0 Å². The summed E-state index contributed by atoms with van der Waals surface area (Å²) in [6.45, 7) is 6.17. The number of carbonyl (C=O) groups is 1. The molecule has 1 aromatic rings. The number of aliphatic hydroxyl groups excluding tert-OH is 1. The van der Waals surface area contributed by atoms with Gasteiger partial charge in [-0.05, 0) is 37.3 Å². The lowest BCUT2D eigenvalue weighted by Gasteiger charge is -2.29. The first kappa shape index (κ1) is 16.0. The molecule has 1 saturated heterocycles. The Bertz CT molecular complexity index is 450. The number of aliphatic hydroxyl groups is 1. The van der Waals surface area contributed by atoms with E-state index in [9.17, 15) is 9.90 Å². The van der Waals surface area contributed by atoms with Crippen LogP contribution in [0, 0.1) is 0 Å². The van der Waals surface area contributed by atoms with Crippen molar-refractivity contribution in [2.75, 3.05) is 19.6 Å². The van der Waals surface area contributed by atoms with Gasteiger partial charge < -0.3 is 10.4 Å². The Morgan fingerprint density at radius 1 is 1.33 bits per heavy atom. The van der Waals surface area contributed by atoms with Gasteiger partial charge in [-0.25, -0.2) is 0 Å². The standard InChI is InChI=1S/C17H26N2O2/c1-3-14-4-6-15(7-5-14)13(2)18-17(21)12-19-10-8-16(20)9-11-19/h4-7,13,16,20H,3,8-12H2,1-2H3,(H,18,21). The van der Waals surface area contributed by atoms with Crippen LogP contribution in [0.4, 0.5) is 0 Å². The van der Waals surface area contributed by atoms with E-state index in [-0.39, 0.29) is 18.1 Å². The van der Waals surface area contributed by atoms with Gasteiger partial charge >= 0.3 is 0 Å². The lowest BCUT2D eigenvalue weighted by molar-refractivity contribution is -0.123. The minimum Gasteiger partial charge on any atom is -0.393 e. The number of carbonyl (C=O) groups excluding carboxylic acids is 1. The maximum absolute atomic E-state index is 12.1. The van der Waals surface area contributed by atoms with Gasteiger partial charge in [-0.15, -0.1) is 0 Å². The number of benzene rings is 1. The van der Waals surface area contributed by atoms with Crippen LogP contribution in [-0.2, 0) is 11.2 Å². The fourth-order valence-corrected chi connectivity index (χ4v) is 2.69. The molecule has 1 aliphatic rings. The van der Waals surface area contributed by atoms with Crippen LogP contribution in [0.2, 0.25) is 0 Å². The predicted octanol–water partition coefficient (Wildman–Crippen LogP) is 1.88. The molecule has 1 atom stereocenters. The van der Waals surface area contributed by atoms with E-state index < -0.39 is 0 Å². The number of rotatable bonds is 5. The molecule has 0 aromatic heterocycles. The topological polar surface area (TPSA) is 52.6 Å². The highest BCUT2D eigenvalue weighted by molar-refractivity contribution is 5.78. The Labute approximate surface area is 127 Å². The van der Waals surface area contributed by atoms with E-state index >= 15 is 0 Å². The van der Waals surface area contributed by atoms with Crippen LogP contribution in [0.15, 0.2) is 24.3 Å². The van der Waals surface area contributed by atoms with Gasteiger partial charge in [0.1, 0.15) is 0 Å². The molecule has 1 aliphatic heterocycles. The molecule has 1 fully saturated rings. The van der Waals surface area contributed by atoms with Crippen LogP contribution in [0.3, 0.4) is 0 Å². The van der Waals surface area contributed by atoms with Gasteiger partial charge in [0.25, 0.3) is 0 Å². The Morgan fingerprint density at radius 3 is 2.52 bits per heavy atom. The molecule has 21 heavy (non-hydrogen) atoms. The molecule has 0 spiro atoms. The molecule has 0 saturated carbocycles. The quantitative estimate of drug-likeness (QED) is 0.870. The first-order chi connectivity index (χ1) is 10.1. The fourth-order valence-electron chi connectivity index (χ4n) is 2.69. The average Bonchev–Trinajstić information content (AvgIpc) is 2.49. The van der Waals surface area contributed by atoms with E-state index in [0.29, 0.717) is 6.54 Å². The van der Waals surface area contributed by atoms with Gasteiger partial charge in [-0.2, -0.15) is 0 Å². The molecular weight excluding hydrogens is 264 g/mol. The second-order valence-electron chi connectivity index (χ2n) is 5.89. The summed E-state index contributed by atoms with van der Waals surface area (Å²) in [6, 6.07) is 8.43. The molecule has 0 bridgehead atoms. The second-order valence-corrected chi connectivity index (χ2v) is 5.89. The molecule has 2 N–H and O–H groups in total. The number of nitrogens with one attached hydrogen (secondary N) is 1. The third-order valence-corrected chi connectivity index (χ3v) is 4.19. The zero-order valence-electron chi connectivity index (χ0n) is 13.0. The third kappa shape index (κ3) is 4.83. The first-order valence-electron chi connectivity index (χ1n) is 7.87. The van der Waals surface area contributed by atoms with Crippen LogP contribution in [0.25, 0.3) is 0 Å². The van der Waals surface area contributed by atoms with Gasteiger partial charge in [0, 0.05) is 13.1 Å². The molecule has 0 radical (unpaired) electrons. The Hall–Kier alpha value is -1.39. The van der Waals surface area contributed by atoms with Gasteiger partial charge in [-0.3, -0.25) is 9.69 Å². The number of amides is 1. The van der Waals surface area contributed by atoms with E-state index in [2.05, 4.69) is 41.4 Å². The van der Waals surface area contributed by atoms with Crippen LogP contribution in [0.1, 0.15) is 43.9 Å². The van der Waals surface area contributed by atoms with Crippen molar-refractivity contribution in [1.82, 2.24) is 10.2 Å². The molecule has 0 aliphatic carbocycles. The van der Waals surface area contributed by atoms with Gasteiger partial charge in [0.15, 0.2) is 0 Å². The largest absolute Gasteiger partial charge is 0.393 e. The van der Waals surface area contributed by atoms with Crippen molar-refractivity contribution in [2.45, 2.75) is 45.3 Å². The van der Waals surface area contributed by atoms with Crippen LogP contribution < -0.4 is 5.32 Å². The van der Waals surface area contributed by atoms with Crippen molar-refractivity contribution < 1.29 is 9.90 Å². The molecule has 2 rings (SSSR count). The van der Waals surface area contributed by atoms with Crippen molar-refractivity contribution in [3.63, 3.8) is 0 Å². The first-order valence-corrected chi connectivity index (χ1v) is 7.87. The summed E-state index contributed by atoms with van der Waals surface area (Å²) in [5, 5.41) is 12.5. The number of piperidine rings is 1. The van der Waals surface area contributed by atoms with E-state index in [1.54, 1.807) is 0 Å². The molecule has 1 unspecified atom stereocenters. The van der Waals surface area contributed by atoms with Crippen molar-refractivity contribution >= 4 is 5.91 Å². The minimum absolute atomic E-state index is 0.0267. The zero-order chi connectivity index (χ0) is 15.2. The van der Waals surface area contributed by atoms with E-state index in [0.717, 1.165) is 37.9 Å². The number of nitrogens with zero attached hydrogens (tertiary/aromatic N) is 1. The number of aryl methyl sites for hydroxylation is 1. The van der Waals surface area contributed by atoms with E-state index in [1.807, 2.05) is 6.92 Å². The molecule has 1 heterocycles. The number of hydrogen-bond donors (Lipinski definition) is 2. The van der Waals surface area contributed by atoms with E-state index in [4.69, 9.17) is 0 Å². The maximum atomic E-state index is 12.1. The summed E-state index contributed by atoms with van der Waals surface area (Å²) in [7, 11) is 0. The Balaban J connectivity index is 1.81. The second kappa shape index (κ2) is 7.57. The van der Waals surface area contributed by atoms with Crippen molar-refractivity contribution in [3.8, 4) is 0 Å². The van der Waals surface area contributed by atoms with Crippen LogP contribution >= 0.6 is 0 Å². The van der Waals surface area contributed by atoms with Crippen molar-refractivity contribution in [3.05, 3.63) is 35.4 Å². The molecule has 4 nitrogen and oxygen atoms in total. The summed E-state index contributed by atoms with van der Waals surface area (Å²) in [4.78, 5) is 14.2. The number of likely N-dealkylation sites (tertiary alicyclic amines) is 1. The normalized spacial score (nSPS) is 18.4. The summed E-state index contributed by atoms with van der Waals surface area (Å²) in [5.74, 6) is 0.0541. The van der Waals surface area contributed by atoms with Crippen LogP contribution in [-0.4, -0.2) is 41.7 Å². The summed E-state index contributed by atoms with van der Waals surface area (Å²) in [5.41, 5.74) is 2.44. The molecule has 4 heteroatoms. The fraction of sp³-hybridized carbons (Fsp3) is 0.588. The molecular formula is C17H26N2O2. The highest BCUT2D eigenvalue weighted by Gasteiger charge is 2.19. The summed E-state index contributed by atoms with van der Waals surface area (Å²) >= 11 is 0. The molecule has 1 aromatic carbocycles. The predicted molar refractivity (Wildman–Crippen MR) is 84.1 cm³/mol. The monoisotopic (exact) mass is 290 g/mol. The van der Waals surface area contributed by atoms with Crippen molar-refractivity contribution in [2.24, 2.45) is 0 Å². The van der Waals surface area contributed by atoms with Gasteiger partial charge in [0.05, 0.1) is 18.7 Å². The lowest BCUT2D eigenvalue weighted by Crippen LogP contribution is -2.43. The molecule has 1 amide bonds. The summed E-state index contributed by atoms with van der Waals surface area (Å²) in [6.07, 6.45) is 2.37.